The number of carbonyl (C=O) groups is 4. The zero-order valence-corrected chi connectivity index (χ0v) is 27.9. The molecule has 0 aliphatic heterocycles. The van der Waals surface area contributed by atoms with E-state index in [1.165, 1.54) is 24.3 Å². The van der Waals surface area contributed by atoms with Crippen molar-refractivity contribution in [2.24, 2.45) is 11.8 Å². The van der Waals surface area contributed by atoms with E-state index >= 15 is 0 Å². The summed E-state index contributed by atoms with van der Waals surface area (Å²) in [5, 5.41) is 21.4. The molecule has 5 N–H and O–H groups in total. The predicted octanol–water partition coefficient (Wildman–Crippen LogP) is 5.15. The van der Waals surface area contributed by atoms with Crippen molar-refractivity contribution in [1.29, 1.82) is 0 Å². The van der Waals surface area contributed by atoms with Gasteiger partial charge in [0.05, 0.1) is 5.54 Å². The van der Waals surface area contributed by atoms with E-state index in [-0.39, 0.29) is 36.3 Å². The number of halogens is 4. The average molecular weight is 730 g/mol. The second-order valence-corrected chi connectivity index (χ2v) is 13.6. The van der Waals surface area contributed by atoms with E-state index in [2.05, 4.69) is 36.2 Å². The van der Waals surface area contributed by atoms with E-state index in [1.807, 2.05) is 12.1 Å². The maximum absolute atomic E-state index is 12.9. The lowest BCUT2D eigenvalue weighted by molar-refractivity contribution is -0.154. The molecule has 0 saturated heterocycles. The lowest BCUT2D eigenvalue weighted by atomic mass is 9.95. The van der Waals surface area contributed by atoms with Gasteiger partial charge in [0.1, 0.15) is 6.04 Å². The number of anilines is 3. The minimum atomic E-state index is -4.64. The third-order valence-electron chi connectivity index (χ3n) is 9.45. The first kappa shape index (κ1) is 35.8. The largest absolute Gasteiger partial charge is 0.480 e. The number of Topliss-reactive ketones (excluding diaryl/α,β-unsaturated/α-hetero) is 1. The van der Waals surface area contributed by atoms with Crippen molar-refractivity contribution >= 4 is 52.8 Å². The summed E-state index contributed by atoms with van der Waals surface area (Å²) in [6.07, 6.45) is 0.209. The molecular formula is C34H35ClF3N7O6. The van der Waals surface area contributed by atoms with Crippen molar-refractivity contribution in [3.8, 4) is 6.01 Å². The van der Waals surface area contributed by atoms with Gasteiger partial charge < -0.3 is 31.1 Å². The maximum Gasteiger partial charge on any atom is 0.422 e. The van der Waals surface area contributed by atoms with E-state index in [9.17, 15) is 37.5 Å². The van der Waals surface area contributed by atoms with Crippen molar-refractivity contribution in [3.63, 3.8) is 0 Å². The van der Waals surface area contributed by atoms with Crippen LogP contribution in [0, 0.1) is 11.8 Å². The van der Waals surface area contributed by atoms with Gasteiger partial charge in [0.25, 0.3) is 11.8 Å². The van der Waals surface area contributed by atoms with Crippen LogP contribution in [0.1, 0.15) is 67.3 Å². The summed E-state index contributed by atoms with van der Waals surface area (Å²) >= 11 is 6.02. The number of fused-ring (bicyclic) bond motifs is 2. The number of nitrogens with one attached hydrogen (secondary N) is 4. The van der Waals surface area contributed by atoms with E-state index in [0.717, 1.165) is 31.2 Å². The minimum absolute atomic E-state index is 0.0313. The highest BCUT2D eigenvalue weighted by Crippen LogP contribution is 2.48. The van der Waals surface area contributed by atoms with Gasteiger partial charge in [-0.25, -0.2) is 4.79 Å². The zero-order valence-electron chi connectivity index (χ0n) is 27.1. The first-order valence-electron chi connectivity index (χ1n) is 16.5. The van der Waals surface area contributed by atoms with Crippen LogP contribution in [0.25, 0.3) is 0 Å². The van der Waals surface area contributed by atoms with Crippen LogP contribution in [0.4, 0.5) is 30.8 Å². The Morgan fingerprint density at radius 2 is 1.67 bits per heavy atom. The number of hydrogen-bond donors (Lipinski definition) is 5. The third kappa shape index (κ3) is 9.22. The van der Waals surface area contributed by atoms with Gasteiger partial charge in [0, 0.05) is 28.7 Å². The average Bonchev–Trinajstić information content (AvgIpc) is 3.54. The Labute approximate surface area is 295 Å². The van der Waals surface area contributed by atoms with Crippen molar-refractivity contribution in [1.82, 2.24) is 25.6 Å². The molecule has 2 bridgehead atoms. The van der Waals surface area contributed by atoms with Crippen LogP contribution in [0.15, 0.2) is 48.5 Å². The molecule has 0 spiro atoms. The van der Waals surface area contributed by atoms with Crippen LogP contribution in [0.2, 0.25) is 5.02 Å². The SMILES string of the molecule is O=C(CC[C@H](NC(=O)c1ccc(Nc2nc(NC3(c4ccc(Cl)cc4)CC3)nc(OCC(F)(F)F)n2)cc1)C(=O)O)C(=O)N[C@@H]1C[C@@H]2CC[C@H]1C2. The molecule has 2 aromatic carbocycles. The molecule has 3 fully saturated rings. The number of carboxylic acids is 1. The molecule has 51 heavy (non-hydrogen) atoms. The number of amides is 2. The van der Waals surface area contributed by atoms with E-state index in [1.54, 1.807) is 12.1 Å². The predicted molar refractivity (Wildman–Crippen MR) is 178 cm³/mol. The molecule has 0 radical (unpaired) electrons. The van der Waals surface area contributed by atoms with E-state index in [0.29, 0.717) is 35.4 Å². The van der Waals surface area contributed by atoms with Crippen LogP contribution in [-0.4, -0.2) is 68.5 Å². The number of hydrogen-bond acceptors (Lipinski definition) is 10. The number of carbonyl (C=O) groups excluding carboxylic acids is 3. The highest BCUT2D eigenvalue weighted by molar-refractivity contribution is 6.36. The summed E-state index contributed by atoms with van der Waals surface area (Å²) in [6.45, 7) is -1.62. The van der Waals surface area contributed by atoms with Gasteiger partial charge in [0.15, 0.2) is 6.61 Å². The van der Waals surface area contributed by atoms with E-state index < -0.39 is 53.9 Å². The Balaban J connectivity index is 1.07. The molecule has 3 aliphatic rings. The van der Waals surface area contributed by atoms with Crippen LogP contribution in [-0.2, 0) is 19.9 Å². The number of aromatic nitrogens is 3. The molecule has 1 aromatic heterocycles. The van der Waals surface area contributed by atoms with Gasteiger partial charge >= 0.3 is 18.2 Å². The van der Waals surface area contributed by atoms with Gasteiger partial charge in [0.2, 0.25) is 17.7 Å². The monoisotopic (exact) mass is 729 g/mol. The zero-order chi connectivity index (χ0) is 36.3. The number of ether oxygens (including phenoxy) is 1. The number of alkyl halides is 3. The number of aliphatic carboxylic acids is 1. The van der Waals surface area contributed by atoms with Crippen LogP contribution in [0.3, 0.4) is 0 Å². The molecular weight excluding hydrogens is 695 g/mol. The molecule has 0 unspecified atom stereocenters. The van der Waals surface area contributed by atoms with Gasteiger partial charge in [-0.1, -0.05) is 30.2 Å². The third-order valence-corrected chi connectivity index (χ3v) is 9.70. The number of nitrogens with zero attached hydrogens (tertiary/aromatic N) is 3. The van der Waals surface area contributed by atoms with Crippen LogP contribution >= 0.6 is 11.6 Å². The highest BCUT2D eigenvalue weighted by Gasteiger charge is 2.45. The number of carboxylic acid groups (broad SMARTS) is 1. The van der Waals surface area contributed by atoms with Crippen molar-refractivity contribution in [2.45, 2.75) is 75.2 Å². The molecule has 4 atom stereocenters. The summed E-state index contributed by atoms with van der Waals surface area (Å²) in [6, 6.07) is 10.8. The number of benzene rings is 2. The maximum atomic E-state index is 12.9. The lowest BCUT2D eigenvalue weighted by Crippen LogP contribution is -2.44. The second kappa shape index (κ2) is 14.7. The lowest BCUT2D eigenvalue weighted by Gasteiger charge is -2.22. The Morgan fingerprint density at radius 3 is 2.27 bits per heavy atom. The standard InChI is InChI=1S/C34H35ClF3N7O6/c35-22-7-5-21(6-8-22)33(13-14-33)45-31-42-30(43-32(44-31)51-17-34(36,37)38)39-23-9-3-19(4-10-23)27(47)40-24(29(49)50)11-12-26(46)28(48)41-25-16-18-1-2-20(25)15-18/h3-10,18,20,24-25H,1-2,11-17H2,(H,40,47)(H,41,48)(H,49,50)(H2,39,42,43,44,45)/t18-,20+,24+,25-/m1/s1. The molecule has 17 heteroatoms. The first-order valence-corrected chi connectivity index (χ1v) is 16.9. The second-order valence-electron chi connectivity index (χ2n) is 13.2. The molecule has 3 aliphatic carbocycles. The smallest absolute Gasteiger partial charge is 0.422 e. The Hall–Kier alpha value is -4.99. The number of rotatable bonds is 15. The summed E-state index contributed by atoms with van der Waals surface area (Å²) in [5.41, 5.74) is 0.757. The van der Waals surface area contributed by atoms with Gasteiger partial charge in [-0.3, -0.25) is 14.4 Å². The summed E-state index contributed by atoms with van der Waals surface area (Å²) in [7, 11) is 0. The minimum Gasteiger partial charge on any atom is -0.480 e. The molecule has 13 nitrogen and oxygen atoms in total. The summed E-state index contributed by atoms with van der Waals surface area (Å²) in [5.74, 6) is -2.81. The molecule has 3 aromatic rings. The summed E-state index contributed by atoms with van der Waals surface area (Å²) < 4.78 is 43.6. The van der Waals surface area contributed by atoms with Crippen molar-refractivity contribution in [3.05, 3.63) is 64.7 Å². The Morgan fingerprint density at radius 1 is 0.961 bits per heavy atom. The van der Waals surface area contributed by atoms with E-state index in [4.69, 9.17) is 16.3 Å². The van der Waals surface area contributed by atoms with Crippen LogP contribution in [0.5, 0.6) is 6.01 Å². The van der Waals surface area contributed by atoms with Crippen LogP contribution < -0.4 is 26.0 Å². The molecule has 1 heterocycles. The fraction of sp³-hybridized carbons (Fsp3) is 0.441. The van der Waals surface area contributed by atoms with Gasteiger partial charge in [-0.15, -0.1) is 0 Å². The highest BCUT2D eigenvalue weighted by atomic mass is 35.5. The topological polar surface area (TPSA) is 185 Å². The molecule has 3 saturated carbocycles. The fourth-order valence-corrected chi connectivity index (χ4v) is 6.79. The normalized spacial score (nSPS) is 20.6. The summed E-state index contributed by atoms with van der Waals surface area (Å²) in [4.78, 5) is 62.0. The van der Waals surface area contributed by atoms with Gasteiger partial charge in [-0.2, -0.15) is 28.1 Å². The Bertz CT molecular complexity index is 1790. The van der Waals surface area contributed by atoms with Crippen molar-refractivity contribution < 1.29 is 42.2 Å². The Kier molecular flexibility index (Phi) is 10.3. The quantitative estimate of drug-likeness (QED) is 0.130. The molecule has 2 amide bonds. The molecule has 6 rings (SSSR count). The number of ketones is 1. The molecule has 270 valence electrons. The van der Waals surface area contributed by atoms with Gasteiger partial charge in [-0.05, 0) is 92.3 Å². The fourth-order valence-electron chi connectivity index (χ4n) is 6.67. The first-order chi connectivity index (χ1) is 24.2. The van der Waals surface area contributed by atoms with Crippen molar-refractivity contribution in [2.75, 3.05) is 17.2 Å².